The smallest absolute Gasteiger partial charge is 0.0669 e. The summed E-state index contributed by atoms with van der Waals surface area (Å²) in [5.74, 6) is 0.752. The molecule has 1 unspecified atom stereocenters. The van der Waals surface area contributed by atoms with Gasteiger partial charge in [-0.2, -0.15) is 17.9 Å². The van der Waals surface area contributed by atoms with Crippen molar-refractivity contribution in [3.63, 3.8) is 0 Å². The minimum atomic E-state index is 0. The van der Waals surface area contributed by atoms with Gasteiger partial charge in [0.25, 0.3) is 0 Å². The standard InChI is InChI=1S/C5H10N2S.ClH/c6-3-5(4-7)1-2-8;/h5,8H,1-3,6H2;1H. The highest BCUT2D eigenvalue weighted by atomic mass is 35.5. The molecule has 0 radical (unpaired) electrons. The molecular formula is C5H11ClN2S. The summed E-state index contributed by atoms with van der Waals surface area (Å²) in [6.45, 7) is 0.455. The number of nitriles is 1. The zero-order valence-electron chi connectivity index (χ0n) is 5.08. The van der Waals surface area contributed by atoms with Crippen LogP contribution < -0.4 is 5.73 Å². The maximum Gasteiger partial charge on any atom is 0.0669 e. The third kappa shape index (κ3) is 5.97. The van der Waals surface area contributed by atoms with Gasteiger partial charge in [0.15, 0.2) is 0 Å². The molecule has 0 amide bonds. The van der Waals surface area contributed by atoms with Crippen molar-refractivity contribution in [2.45, 2.75) is 6.42 Å². The normalized spacial score (nSPS) is 11.2. The zero-order valence-corrected chi connectivity index (χ0v) is 6.79. The number of nitrogens with zero attached hydrogens (tertiary/aromatic N) is 1. The van der Waals surface area contributed by atoms with Gasteiger partial charge < -0.3 is 5.73 Å². The molecular weight excluding hydrogens is 156 g/mol. The Hall–Kier alpha value is 0.0900. The lowest BCUT2D eigenvalue weighted by Crippen LogP contribution is -2.12. The van der Waals surface area contributed by atoms with Crippen LogP contribution in [0.4, 0.5) is 0 Å². The summed E-state index contributed by atoms with van der Waals surface area (Å²) in [6, 6.07) is 2.08. The molecule has 0 saturated carbocycles. The van der Waals surface area contributed by atoms with Crippen LogP contribution in [0.15, 0.2) is 0 Å². The van der Waals surface area contributed by atoms with Gasteiger partial charge in [-0.1, -0.05) is 0 Å². The molecule has 0 aliphatic carbocycles. The van der Waals surface area contributed by atoms with Crippen LogP contribution >= 0.6 is 25.0 Å². The summed E-state index contributed by atoms with van der Waals surface area (Å²) in [5.41, 5.74) is 5.21. The number of hydrogen-bond donors (Lipinski definition) is 2. The molecule has 0 aromatic carbocycles. The SMILES string of the molecule is Cl.N#CC(CN)CCS. The van der Waals surface area contributed by atoms with Crippen LogP contribution in [0.3, 0.4) is 0 Å². The van der Waals surface area contributed by atoms with Crippen molar-refractivity contribution in [3.8, 4) is 6.07 Å². The summed E-state index contributed by atoms with van der Waals surface area (Å²) in [5, 5.41) is 8.29. The van der Waals surface area contributed by atoms with E-state index in [1.807, 2.05) is 0 Å². The fraction of sp³-hybridized carbons (Fsp3) is 0.800. The molecule has 0 aliphatic heterocycles. The van der Waals surface area contributed by atoms with Crippen molar-refractivity contribution in [2.24, 2.45) is 11.7 Å². The Balaban J connectivity index is 0. The summed E-state index contributed by atoms with van der Waals surface area (Å²) in [7, 11) is 0. The predicted octanol–water partition coefficient (Wildman–Crippen LogP) is 0.827. The maximum atomic E-state index is 8.29. The molecule has 0 spiro atoms. The van der Waals surface area contributed by atoms with E-state index < -0.39 is 0 Å². The first-order valence-corrected chi connectivity index (χ1v) is 3.19. The molecule has 0 aliphatic rings. The highest BCUT2D eigenvalue weighted by Crippen LogP contribution is 1.98. The Bertz CT molecular complexity index is 91.4. The van der Waals surface area contributed by atoms with Gasteiger partial charge >= 0.3 is 0 Å². The molecule has 4 heteroatoms. The molecule has 2 nitrogen and oxygen atoms in total. The monoisotopic (exact) mass is 166 g/mol. The molecule has 0 saturated heterocycles. The van der Waals surface area contributed by atoms with Crippen LogP contribution in [0.25, 0.3) is 0 Å². The Morgan fingerprint density at radius 1 is 1.67 bits per heavy atom. The van der Waals surface area contributed by atoms with Gasteiger partial charge in [0, 0.05) is 6.54 Å². The van der Waals surface area contributed by atoms with Crippen molar-refractivity contribution < 1.29 is 0 Å². The van der Waals surface area contributed by atoms with E-state index in [2.05, 4.69) is 18.7 Å². The average Bonchev–Trinajstić information content (AvgIpc) is 1.83. The Labute approximate surface area is 67.2 Å². The molecule has 0 heterocycles. The fourth-order valence-corrected chi connectivity index (χ4v) is 0.703. The first-order valence-electron chi connectivity index (χ1n) is 2.55. The van der Waals surface area contributed by atoms with Crippen LogP contribution in [0, 0.1) is 17.2 Å². The van der Waals surface area contributed by atoms with Gasteiger partial charge in [-0.15, -0.1) is 12.4 Å². The van der Waals surface area contributed by atoms with E-state index in [0.29, 0.717) is 6.54 Å². The van der Waals surface area contributed by atoms with Crippen LogP contribution in [0.2, 0.25) is 0 Å². The fourth-order valence-electron chi connectivity index (χ4n) is 0.391. The maximum absolute atomic E-state index is 8.29. The summed E-state index contributed by atoms with van der Waals surface area (Å²) < 4.78 is 0. The van der Waals surface area contributed by atoms with E-state index in [-0.39, 0.29) is 18.3 Å². The van der Waals surface area contributed by atoms with Crippen molar-refractivity contribution in [2.75, 3.05) is 12.3 Å². The van der Waals surface area contributed by atoms with E-state index in [4.69, 9.17) is 11.0 Å². The molecule has 2 N–H and O–H groups in total. The predicted molar refractivity (Wildman–Crippen MR) is 43.9 cm³/mol. The molecule has 54 valence electrons. The van der Waals surface area contributed by atoms with Gasteiger partial charge in [-0.3, -0.25) is 0 Å². The average molecular weight is 167 g/mol. The Morgan fingerprint density at radius 2 is 2.22 bits per heavy atom. The van der Waals surface area contributed by atoms with Crippen LogP contribution in [-0.4, -0.2) is 12.3 Å². The topological polar surface area (TPSA) is 49.8 Å². The zero-order chi connectivity index (χ0) is 6.41. The van der Waals surface area contributed by atoms with E-state index in [0.717, 1.165) is 12.2 Å². The van der Waals surface area contributed by atoms with Crippen molar-refractivity contribution >= 4 is 25.0 Å². The van der Waals surface area contributed by atoms with Crippen molar-refractivity contribution in [3.05, 3.63) is 0 Å². The number of hydrogen-bond acceptors (Lipinski definition) is 3. The Kier molecular flexibility index (Phi) is 10.6. The lowest BCUT2D eigenvalue weighted by atomic mass is 10.1. The van der Waals surface area contributed by atoms with Gasteiger partial charge in [-0.25, -0.2) is 0 Å². The largest absolute Gasteiger partial charge is 0.329 e. The van der Waals surface area contributed by atoms with Crippen molar-refractivity contribution in [1.82, 2.24) is 0 Å². The first kappa shape index (κ1) is 11.8. The van der Waals surface area contributed by atoms with E-state index >= 15 is 0 Å². The molecule has 0 aromatic heterocycles. The molecule has 0 bridgehead atoms. The quantitative estimate of drug-likeness (QED) is 0.611. The third-order valence-electron chi connectivity index (χ3n) is 0.945. The van der Waals surface area contributed by atoms with Crippen LogP contribution in [0.1, 0.15) is 6.42 Å². The van der Waals surface area contributed by atoms with E-state index in [1.54, 1.807) is 0 Å². The van der Waals surface area contributed by atoms with Gasteiger partial charge in [0.2, 0.25) is 0 Å². The molecule has 0 aromatic rings. The molecule has 0 fully saturated rings. The van der Waals surface area contributed by atoms with Crippen molar-refractivity contribution in [1.29, 1.82) is 5.26 Å². The first-order chi connectivity index (χ1) is 3.85. The second-order valence-electron chi connectivity index (χ2n) is 1.57. The minimum Gasteiger partial charge on any atom is -0.329 e. The summed E-state index contributed by atoms with van der Waals surface area (Å²) in [4.78, 5) is 0. The molecule has 1 atom stereocenters. The number of nitrogens with two attached hydrogens (primary N) is 1. The highest BCUT2D eigenvalue weighted by molar-refractivity contribution is 7.80. The summed E-state index contributed by atoms with van der Waals surface area (Å²) in [6.07, 6.45) is 0.802. The lowest BCUT2D eigenvalue weighted by Gasteiger charge is -1.99. The Morgan fingerprint density at radius 3 is 2.33 bits per heavy atom. The second-order valence-corrected chi connectivity index (χ2v) is 2.02. The highest BCUT2D eigenvalue weighted by Gasteiger charge is 2.00. The third-order valence-corrected chi connectivity index (χ3v) is 1.20. The van der Waals surface area contributed by atoms with E-state index in [9.17, 15) is 0 Å². The van der Waals surface area contributed by atoms with Crippen LogP contribution in [-0.2, 0) is 0 Å². The molecule has 0 rings (SSSR count). The second kappa shape index (κ2) is 8.09. The van der Waals surface area contributed by atoms with Gasteiger partial charge in [0.05, 0.1) is 12.0 Å². The van der Waals surface area contributed by atoms with E-state index in [1.165, 1.54) is 0 Å². The van der Waals surface area contributed by atoms with Gasteiger partial charge in [0.1, 0.15) is 0 Å². The molecule has 9 heavy (non-hydrogen) atoms. The lowest BCUT2D eigenvalue weighted by molar-refractivity contribution is 0.660. The summed E-state index contributed by atoms with van der Waals surface area (Å²) >= 11 is 3.96. The van der Waals surface area contributed by atoms with Gasteiger partial charge in [-0.05, 0) is 12.2 Å². The minimum absolute atomic E-state index is 0. The number of thiol groups is 1. The number of rotatable bonds is 3. The van der Waals surface area contributed by atoms with Crippen LogP contribution in [0.5, 0.6) is 0 Å². The number of halogens is 1.